The van der Waals surface area contributed by atoms with Crippen LogP contribution < -0.4 is 4.74 Å². The SMILES string of the molecule is Cc1ccc2c(n1)C1C=CC=CC1O2. The molecule has 0 amide bonds. The van der Waals surface area contributed by atoms with Crippen molar-refractivity contribution in [1.29, 1.82) is 0 Å². The second-order valence-electron chi connectivity index (χ2n) is 3.71. The average molecular weight is 185 g/mol. The maximum atomic E-state index is 5.77. The summed E-state index contributed by atoms with van der Waals surface area (Å²) >= 11 is 0. The summed E-state index contributed by atoms with van der Waals surface area (Å²) < 4.78 is 5.77. The molecule has 1 aromatic heterocycles. The molecule has 0 saturated carbocycles. The first-order chi connectivity index (χ1) is 6.84. The van der Waals surface area contributed by atoms with Crippen LogP contribution >= 0.6 is 0 Å². The third kappa shape index (κ3) is 1.00. The quantitative estimate of drug-likeness (QED) is 0.619. The van der Waals surface area contributed by atoms with E-state index in [1.807, 2.05) is 25.1 Å². The third-order valence-electron chi connectivity index (χ3n) is 2.69. The van der Waals surface area contributed by atoms with Crippen molar-refractivity contribution in [3.05, 3.63) is 47.8 Å². The van der Waals surface area contributed by atoms with Gasteiger partial charge in [-0.3, -0.25) is 4.98 Å². The van der Waals surface area contributed by atoms with Crippen LogP contribution in [0.25, 0.3) is 0 Å². The lowest BCUT2D eigenvalue weighted by Crippen LogP contribution is -2.15. The summed E-state index contributed by atoms with van der Waals surface area (Å²) in [6, 6.07) is 4.00. The Bertz CT molecular complexity index is 434. The first-order valence-corrected chi connectivity index (χ1v) is 4.84. The predicted octanol–water partition coefficient (Wildman–Crippen LogP) is 2.36. The highest BCUT2D eigenvalue weighted by Crippen LogP contribution is 2.39. The maximum absolute atomic E-state index is 5.77. The third-order valence-corrected chi connectivity index (χ3v) is 2.69. The summed E-state index contributed by atoms with van der Waals surface area (Å²) in [4.78, 5) is 4.53. The number of hydrogen-bond acceptors (Lipinski definition) is 2. The molecule has 2 atom stereocenters. The van der Waals surface area contributed by atoms with Crippen LogP contribution in [0.3, 0.4) is 0 Å². The molecule has 0 fully saturated rings. The second-order valence-corrected chi connectivity index (χ2v) is 3.71. The molecule has 1 aromatic rings. The molecule has 70 valence electrons. The lowest BCUT2D eigenvalue weighted by molar-refractivity contribution is 0.269. The number of hydrogen-bond donors (Lipinski definition) is 0. The summed E-state index contributed by atoms with van der Waals surface area (Å²) in [5.41, 5.74) is 2.13. The van der Waals surface area contributed by atoms with Gasteiger partial charge in [0.05, 0.1) is 11.6 Å². The molecule has 1 aliphatic heterocycles. The van der Waals surface area contributed by atoms with Crippen LogP contribution in [-0.4, -0.2) is 11.1 Å². The monoisotopic (exact) mass is 185 g/mol. The Morgan fingerprint density at radius 3 is 3.00 bits per heavy atom. The van der Waals surface area contributed by atoms with Gasteiger partial charge in [0.1, 0.15) is 11.9 Å². The van der Waals surface area contributed by atoms with E-state index in [-0.39, 0.29) is 6.10 Å². The Kier molecular flexibility index (Phi) is 1.51. The molecule has 0 bridgehead atoms. The van der Waals surface area contributed by atoms with Crippen LogP contribution in [0.2, 0.25) is 0 Å². The van der Waals surface area contributed by atoms with E-state index in [4.69, 9.17) is 4.74 Å². The lowest BCUT2D eigenvalue weighted by atomic mass is 9.96. The molecule has 0 spiro atoms. The fourth-order valence-electron chi connectivity index (χ4n) is 2.00. The van der Waals surface area contributed by atoms with E-state index < -0.39 is 0 Å². The van der Waals surface area contributed by atoms with Gasteiger partial charge in [-0.05, 0) is 25.1 Å². The largest absolute Gasteiger partial charge is 0.483 e. The van der Waals surface area contributed by atoms with Crippen LogP contribution in [0.4, 0.5) is 0 Å². The predicted molar refractivity (Wildman–Crippen MR) is 54.4 cm³/mol. The first kappa shape index (κ1) is 7.80. The van der Waals surface area contributed by atoms with Gasteiger partial charge in [0.25, 0.3) is 0 Å². The number of rotatable bonds is 0. The van der Waals surface area contributed by atoms with Gasteiger partial charge in [0, 0.05) is 5.69 Å². The highest BCUT2D eigenvalue weighted by Gasteiger charge is 2.33. The Balaban J connectivity index is 2.12. The number of aryl methyl sites for hydroxylation is 1. The summed E-state index contributed by atoms with van der Waals surface area (Å²) in [6.07, 6.45) is 8.48. The number of aromatic nitrogens is 1. The first-order valence-electron chi connectivity index (χ1n) is 4.84. The van der Waals surface area contributed by atoms with Gasteiger partial charge in [-0.25, -0.2) is 0 Å². The van der Waals surface area contributed by atoms with Crippen molar-refractivity contribution >= 4 is 0 Å². The molecule has 0 aromatic carbocycles. The van der Waals surface area contributed by atoms with E-state index >= 15 is 0 Å². The number of fused-ring (bicyclic) bond motifs is 3. The molecule has 2 unspecified atom stereocenters. The molecule has 0 saturated heterocycles. The van der Waals surface area contributed by atoms with Gasteiger partial charge in [-0.1, -0.05) is 18.2 Å². The fourth-order valence-corrected chi connectivity index (χ4v) is 2.00. The summed E-state index contributed by atoms with van der Waals surface area (Å²) in [5.74, 6) is 1.25. The number of nitrogens with zero attached hydrogens (tertiary/aromatic N) is 1. The Hall–Kier alpha value is -1.57. The Morgan fingerprint density at radius 2 is 2.07 bits per heavy atom. The minimum Gasteiger partial charge on any atom is -0.483 e. The van der Waals surface area contributed by atoms with E-state index in [0.717, 1.165) is 17.1 Å². The molecule has 3 rings (SSSR count). The van der Waals surface area contributed by atoms with Gasteiger partial charge in [-0.2, -0.15) is 0 Å². The number of pyridine rings is 1. The normalized spacial score (nSPS) is 26.9. The number of ether oxygens (including phenoxy) is 1. The van der Waals surface area contributed by atoms with E-state index in [9.17, 15) is 0 Å². The summed E-state index contributed by atoms with van der Waals surface area (Å²) in [6.45, 7) is 2.01. The highest BCUT2D eigenvalue weighted by atomic mass is 16.5. The van der Waals surface area contributed by atoms with Crippen LogP contribution in [-0.2, 0) is 0 Å². The van der Waals surface area contributed by atoms with Gasteiger partial charge >= 0.3 is 0 Å². The van der Waals surface area contributed by atoms with Gasteiger partial charge in [0.15, 0.2) is 0 Å². The zero-order valence-electron chi connectivity index (χ0n) is 7.97. The van der Waals surface area contributed by atoms with Crippen molar-refractivity contribution in [2.45, 2.75) is 18.9 Å². The van der Waals surface area contributed by atoms with Crippen molar-refractivity contribution in [3.63, 3.8) is 0 Å². The molecule has 0 radical (unpaired) electrons. The topological polar surface area (TPSA) is 22.1 Å². The van der Waals surface area contributed by atoms with E-state index in [1.54, 1.807) is 0 Å². The van der Waals surface area contributed by atoms with Crippen molar-refractivity contribution in [1.82, 2.24) is 4.98 Å². The van der Waals surface area contributed by atoms with Crippen molar-refractivity contribution in [2.24, 2.45) is 0 Å². The molecule has 0 N–H and O–H groups in total. The fraction of sp³-hybridized carbons (Fsp3) is 0.250. The zero-order valence-corrected chi connectivity index (χ0v) is 7.97. The number of allylic oxidation sites excluding steroid dienone is 2. The lowest BCUT2D eigenvalue weighted by Gasteiger charge is -2.13. The van der Waals surface area contributed by atoms with Gasteiger partial charge in [0.2, 0.25) is 0 Å². The van der Waals surface area contributed by atoms with Crippen molar-refractivity contribution < 1.29 is 4.74 Å². The minimum atomic E-state index is 0.157. The molecule has 1 aliphatic carbocycles. The standard InChI is InChI=1S/C12H11NO/c1-8-6-7-11-12(13-8)9-4-2-3-5-10(9)14-11/h2-7,9-10H,1H3. The van der Waals surface area contributed by atoms with Crippen molar-refractivity contribution in [3.8, 4) is 5.75 Å². The molecule has 2 nitrogen and oxygen atoms in total. The Morgan fingerprint density at radius 1 is 1.21 bits per heavy atom. The second kappa shape index (κ2) is 2.71. The minimum absolute atomic E-state index is 0.157. The molecular weight excluding hydrogens is 174 g/mol. The molecule has 2 heteroatoms. The molecule has 2 heterocycles. The molecular formula is C12H11NO. The molecule has 14 heavy (non-hydrogen) atoms. The summed E-state index contributed by atoms with van der Waals surface area (Å²) in [5, 5.41) is 0. The van der Waals surface area contributed by atoms with E-state index in [1.165, 1.54) is 0 Å². The average Bonchev–Trinajstić information content (AvgIpc) is 2.56. The van der Waals surface area contributed by atoms with Crippen molar-refractivity contribution in [2.75, 3.05) is 0 Å². The van der Waals surface area contributed by atoms with Gasteiger partial charge in [-0.15, -0.1) is 0 Å². The van der Waals surface area contributed by atoms with Crippen LogP contribution in [0, 0.1) is 6.92 Å². The Labute approximate surface area is 82.9 Å². The highest BCUT2D eigenvalue weighted by molar-refractivity contribution is 5.43. The van der Waals surface area contributed by atoms with Crippen LogP contribution in [0.5, 0.6) is 5.75 Å². The molecule has 2 aliphatic rings. The van der Waals surface area contributed by atoms with E-state index in [0.29, 0.717) is 5.92 Å². The maximum Gasteiger partial charge on any atom is 0.142 e. The zero-order chi connectivity index (χ0) is 9.54. The van der Waals surface area contributed by atoms with Crippen LogP contribution in [0.15, 0.2) is 36.4 Å². The smallest absolute Gasteiger partial charge is 0.142 e. The summed E-state index contributed by atoms with van der Waals surface area (Å²) in [7, 11) is 0. The van der Waals surface area contributed by atoms with Crippen LogP contribution in [0.1, 0.15) is 17.3 Å². The van der Waals surface area contributed by atoms with Gasteiger partial charge < -0.3 is 4.74 Å². The van der Waals surface area contributed by atoms with E-state index in [2.05, 4.69) is 23.2 Å².